The summed E-state index contributed by atoms with van der Waals surface area (Å²) in [7, 11) is 1.77. The largest absolute Gasteiger partial charge is 0.342 e. The molecule has 26 heavy (non-hydrogen) atoms. The Bertz CT molecular complexity index is 855. The minimum atomic E-state index is -0.390. The Hall–Kier alpha value is -3.02. The van der Waals surface area contributed by atoms with Crippen LogP contribution in [0.2, 0.25) is 0 Å². The summed E-state index contributed by atoms with van der Waals surface area (Å²) in [6.07, 6.45) is 0.312. The number of carbonyl (C=O) groups excluding carboxylic acids is 1. The van der Waals surface area contributed by atoms with Crippen LogP contribution in [0.25, 0.3) is 0 Å². The number of hydrogen-bond acceptors (Lipinski definition) is 4. The fraction of sp³-hybridized carbons (Fsp3) is 0.300. The molecule has 1 atom stereocenters. The second-order valence-electron chi connectivity index (χ2n) is 6.64. The first-order chi connectivity index (χ1) is 12.5. The molecular formula is C20H23N5O. The van der Waals surface area contributed by atoms with Gasteiger partial charge in [0.15, 0.2) is 5.82 Å². The van der Waals surface area contributed by atoms with Gasteiger partial charge < -0.3 is 5.32 Å². The normalized spacial score (nSPS) is 12.2. The highest BCUT2D eigenvalue weighted by atomic mass is 16.1. The van der Waals surface area contributed by atoms with Crippen LogP contribution in [0.4, 0.5) is 0 Å². The minimum Gasteiger partial charge on any atom is -0.342 e. The van der Waals surface area contributed by atoms with Crippen molar-refractivity contribution >= 4 is 5.91 Å². The maximum atomic E-state index is 12.6. The molecule has 0 spiro atoms. The molecule has 1 heterocycles. The van der Waals surface area contributed by atoms with Crippen molar-refractivity contribution in [3.8, 4) is 0 Å². The molecule has 134 valence electrons. The molecule has 3 aromatic rings. The average Bonchev–Trinajstić information content (AvgIpc) is 3.06. The predicted octanol–water partition coefficient (Wildman–Crippen LogP) is 2.78. The molecule has 1 N–H and O–H groups in total. The van der Waals surface area contributed by atoms with Crippen molar-refractivity contribution in [1.29, 1.82) is 0 Å². The van der Waals surface area contributed by atoms with Crippen molar-refractivity contribution in [2.24, 2.45) is 7.05 Å². The summed E-state index contributed by atoms with van der Waals surface area (Å²) in [4.78, 5) is 12.6. The second-order valence-corrected chi connectivity index (χ2v) is 6.64. The lowest BCUT2D eigenvalue weighted by atomic mass is 10.0. The van der Waals surface area contributed by atoms with E-state index in [0.29, 0.717) is 18.2 Å². The Balaban J connectivity index is 1.76. The van der Waals surface area contributed by atoms with E-state index in [2.05, 4.69) is 46.8 Å². The van der Waals surface area contributed by atoms with Crippen molar-refractivity contribution in [1.82, 2.24) is 25.5 Å². The number of nitrogens with one attached hydrogen (secondary N) is 1. The molecule has 0 aliphatic carbocycles. The SMILES string of the molecule is CC(C)c1ccc(CC(=O)NC(c2ccccc2)c2nnnn2C)cc1. The van der Waals surface area contributed by atoms with Crippen LogP contribution in [0.1, 0.15) is 48.3 Å². The van der Waals surface area contributed by atoms with Gasteiger partial charge in [-0.2, -0.15) is 0 Å². The van der Waals surface area contributed by atoms with Crippen LogP contribution < -0.4 is 5.32 Å². The lowest BCUT2D eigenvalue weighted by Crippen LogP contribution is -2.32. The molecule has 1 unspecified atom stereocenters. The Labute approximate surface area is 153 Å². The maximum Gasteiger partial charge on any atom is 0.225 e. The zero-order valence-corrected chi connectivity index (χ0v) is 15.3. The molecule has 3 rings (SSSR count). The topological polar surface area (TPSA) is 72.7 Å². The molecule has 1 aromatic heterocycles. The van der Waals surface area contributed by atoms with E-state index in [1.165, 1.54) is 5.56 Å². The van der Waals surface area contributed by atoms with Gasteiger partial charge in [0.25, 0.3) is 0 Å². The average molecular weight is 349 g/mol. The third-order valence-corrected chi connectivity index (χ3v) is 4.36. The molecule has 6 nitrogen and oxygen atoms in total. The van der Waals surface area contributed by atoms with E-state index in [1.807, 2.05) is 42.5 Å². The van der Waals surface area contributed by atoms with Crippen molar-refractivity contribution in [2.45, 2.75) is 32.2 Å². The van der Waals surface area contributed by atoms with Gasteiger partial charge in [-0.1, -0.05) is 68.4 Å². The first-order valence-electron chi connectivity index (χ1n) is 8.70. The van der Waals surface area contributed by atoms with Crippen molar-refractivity contribution < 1.29 is 4.79 Å². The summed E-state index contributed by atoms with van der Waals surface area (Å²) in [6, 6.07) is 17.5. The zero-order chi connectivity index (χ0) is 18.5. The summed E-state index contributed by atoms with van der Waals surface area (Å²) in [5, 5.41) is 14.7. The molecule has 1 amide bonds. The summed E-state index contributed by atoms with van der Waals surface area (Å²) in [5.74, 6) is 1.00. The maximum absolute atomic E-state index is 12.6. The van der Waals surface area contributed by atoms with Gasteiger partial charge in [0, 0.05) is 7.05 Å². The van der Waals surface area contributed by atoms with E-state index < -0.39 is 6.04 Å². The van der Waals surface area contributed by atoms with Crippen molar-refractivity contribution in [2.75, 3.05) is 0 Å². The van der Waals surface area contributed by atoms with Gasteiger partial charge in [-0.05, 0) is 33.0 Å². The molecule has 0 aliphatic heterocycles. The van der Waals surface area contributed by atoms with E-state index in [1.54, 1.807) is 11.7 Å². The molecule has 0 bridgehead atoms. The summed E-state index contributed by atoms with van der Waals surface area (Å²) >= 11 is 0. The number of rotatable bonds is 6. The number of tetrazole rings is 1. The van der Waals surface area contributed by atoms with Gasteiger partial charge in [-0.25, -0.2) is 4.68 Å². The molecular weight excluding hydrogens is 326 g/mol. The second kappa shape index (κ2) is 7.91. The Morgan fingerprint density at radius 3 is 2.31 bits per heavy atom. The van der Waals surface area contributed by atoms with Crippen LogP contribution in [0.3, 0.4) is 0 Å². The summed E-state index contributed by atoms with van der Waals surface area (Å²) < 4.78 is 1.58. The third-order valence-electron chi connectivity index (χ3n) is 4.36. The zero-order valence-electron chi connectivity index (χ0n) is 15.3. The highest BCUT2D eigenvalue weighted by Gasteiger charge is 2.22. The number of aromatic nitrogens is 4. The molecule has 0 radical (unpaired) electrons. The molecule has 0 fully saturated rings. The quantitative estimate of drug-likeness (QED) is 0.743. The van der Waals surface area contributed by atoms with E-state index in [9.17, 15) is 4.79 Å². The van der Waals surface area contributed by atoms with E-state index >= 15 is 0 Å². The van der Waals surface area contributed by atoms with Crippen LogP contribution in [-0.2, 0) is 18.3 Å². The molecule has 0 saturated carbocycles. The number of nitrogens with zero attached hydrogens (tertiary/aromatic N) is 4. The van der Waals surface area contributed by atoms with Crippen LogP contribution in [0.5, 0.6) is 0 Å². The van der Waals surface area contributed by atoms with E-state index in [0.717, 1.165) is 11.1 Å². The summed E-state index contributed by atoms with van der Waals surface area (Å²) in [5.41, 5.74) is 3.19. The van der Waals surface area contributed by atoms with Gasteiger partial charge in [-0.15, -0.1) is 5.10 Å². The first-order valence-corrected chi connectivity index (χ1v) is 8.70. The van der Waals surface area contributed by atoms with Gasteiger partial charge in [-0.3, -0.25) is 4.79 Å². The van der Waals surface area contributed by atoms with Crippen LogP contribution in [0, 0.1) is 0 Å². The first kappa shape index (κ1) is 17.8. The number of amides is 1. The van der Waals surface area contributed by atoms with Gasteiger partial charge >= 0.3 is 0 Å². The highest BCUT2D eigenvalue weighted by Crippen LogP contribution is 2.20. The lowest BCUT2D eigenvalue weighted by molar-refractivity contribution is -0.121. The standard InChI is InChI=1S/C20H23N5O/c1-14(2)16-11-9-15(10-12-16)13-18(26)21-19(17-7-5-4-6-8-17)20-22-23-24-25(20)3/h4-12,14,19H,13H2,1-3H3,(H,21,26). The number of benzene rings is 2. The Morgan fingerprint density at radius 1 is 1.04 bits per heavy atom. The van der Waals surface area contributed by atoms with Crippen molar-refractivity contribution in [3.05, 3.63) is 77.1 Å². The fourth-order valence-corrected chi connectivity index (χ4v) is 2.84. The molecule has 6 heteroatoms. The molecule has 2 aromatic carbocycles. The van der Waals surface area contributed by atoms with Gasteiger partial charge in [0.1, 0.15) is 6.04 Å². The predicted molar refractivity (Wildman–Crippen MR) is 99.5 cm³/mol. The minimum absolute atomic E-state index is 0.0702. The smallest absolute Gasteiger partial charge is 0.225 e. The van der Waals surface area contributed by atoms with Crippen LogP contribution >= 0.6 is 0 Å². The Morgan fingerprint density at radius 2 is 1.73 bits per heavy atom. The summed E-state index contributed by atoms with van der Waals surface area (Å²) in [6.45, 7) is 4.31. The van der Waals surface area contributed by atoms with Crippen LogP contribution in [-0.4, -0.2) is 26.1 Å². The van der Waals surface area contributed by atoms with Crippen molar-refractivity contribution in [3.63, 3.8) is 0 Å². The number of carbonyl (C=O) groups is 1. The van der Waals surface area contributed by atoms with E-state index in [-0.39, 0.29) is 5.91 Å². The Kier molecular flexibility index (Phi) is 5.41. The highest BCUT2D eigenvalue weighted by molar-refractivity contribution is 5.79. The monoisotopic (exact) mass is 349 g/mol. The van der Waals surface area contributed by atoms with Gasteiger partial charge in [0.2, 0.25) is 5.91 Å². The number of aryl methyl sites for hydroxylation is 1. The third kappa shape index (κ3) is 4.14. The van der Waals surface area contributed by atoms with E-state index in [4.69, 9.17) is 0 Å². The fourth-order valence-electron chi connectivity index (χ4n) is 2.84. The molecule has 0 aliphatic rings. The van der Waals surface area contributed by atoms with Gasteiger partial charge in [0.05, 0.1) is 6.42 Å². The number of hydrogen-bond donors (Lipinski definition) is 1. The molecule has 0 saturated heterocycles. The lowest BCUT2D eigenvalue weighted by Gasteiger charge is -2.18. The van der Waals surface area contributed by atoms with Crippen LogP contribution in [0.15, 0.2) is 54.6 Å².